The Morgan fingerprint density at radius 3 is 2.19 bits per heavy atom. The molecule has 0 atom stereocenters. The predicted molar refractivity (Wildman–Crippen MR) is 91.0 cm³/mol. The minimum Gasteiger partial charge on any atom is -0.324 e. The van der Waals surface area contributed by atoms with Crippen LogP contribution in [0.4, 0.5) is 30.5 Å². The maximum absolute atomic E-state index is 13.2. The first kappa shape index (κ1) is 17.7. The highest BCUT2D eigenvalue weighted by molar-refractivity contribution is 6.31. The van der Waals surface area contributed by atoms with Crippen molar-refractivity contribution in [1.82, 2.24) is 9.97 Å². The molecule has 26 heavy (non-hydrogen) atoms. The van der Waals surface area contributed by atoms with E-state index in [2.05, 4.69) is 20.6 Å². The monoisotopic (exact) mass is 378 g/mol. The van der Waals surface area contributed by atoms with Gasteiger partial charge in [0.15, 0.2) is 11.6 Å². The van der Waals surface area contributed by atoms with E-state index < -0.39 is 23.4 Å². The molecule has 1 amide bonds. The molecule has 1 aromatic heterocycles. The van der Waals surface area contributed by atoms with E-state index in [0.717, 1.165) is 12.1 Å². The summed E-state index contributed by atoms with van der Waals surface area (Å²) in [5.41, 5.74) is 0.671. The van der Waals surface area contributed by atoms with Gasteiger partial charge in [0, 0.05) is 29.8 Å². The number of halogens is 4. The highest BCUT2D eigenvalue weighted by atomic mass is 35.5. The maximum Gasteiger partial charge on any atom is 0.258 e. The van der Waals surface area contributed by atoms with Crippen LogP contribution in [0.15, 0.2) is 48.8 Å². The second-order valence-corrected chi connectivity index (χ2v) is 5.54. The van der Waals surface area contributed by atoms with E-state index in [9.17, 15) is 18.0 Å². The van der Waals surface area contributed by atoms with Crippen molar-refractivity contribution in [3.63, 3.8) is 0 Å². The van der Waals surface area contributed by atoms with Gasteiger partial charge in [0.25, 0.3) is 5.91 Å². The number of nitrogens with zero attached hydrogens (tertiary/aromatic N) is 2. The quantitative estimate of drug-likeness (QED) is 0.699. The Morgan fingerprint density at radius 1 is 0.885 bits per heavy atom. The molecule has 0 saturated heterocycles. The molecule has 3 rings (SSSR count). The number of carbonyl (C=O) groups is 1. The highest BCUT2D eigenvalue weighted by Gasteiger charge is 2.10. The average molecular weight is 379 g/mol. The molecule has 0 aliphatic rings. The fourth-order valence-corrected chi connectivity index (χ4v) is 2.17. The van der Waals surface area contributed by atoms with Crippen LogP contribution < -0.4 is 10.6 Å². The molecule has 0 spiro atoms. The van der Waals surface area contributed by atoms with Crippen LogP contribution in [0.5, 0.6) is 0 Å². The highest BCUT2D eigenvalue weighted by Crippen LogP contribution is 2.21. The molecule has 132 valence electrons. The SMILES string of the molecule is O=C(Nc1ccc(F)c(F)c1)c1cnc(Nc2ccc(F)c(Cl)c2)nc1. The lowest BCUT2D eigenvalue weighted by Crippen LogP contribution is -2.13. The van der Waals surface area contributed by atoms with Crippen LogP contribution in [-0.4, -0.2) is 15.9 Å². The van der Waals surface area contributed by atoms with Gasteiger partial charge in [-0.15, -0.1) is 0 Å². The Labute approximate surface area is 150 Å². The molecule has 5 nitrogen and oxygen atoms in total. The number of rotatable bonds is 4. The minimum atomic E-state index is -1.07. The zero-order valence-corrected chi connectivity index (χ0v) is 13.7. The maximum atomic E-state index is 13.2. The molecule has 2 N–H and O–H groups in total. The molecule has 1 heterocycles. The summed E-state index contributed by atoms with van der Waals surface area (Å²) in [7, 11) is 0. The van der Waals surface area contributed by atoms with Gasteiger partial charge < -0.3 is 10.6 Å². The van der Waals surface area contributed by atoms with Crippen molar-refractivity contribution in [1.29, 1.82) is 0 Å². The van der Waals surface area contributed by atoms with Gasteiger partial charge in [-0.3, -0.25) is 4.79 Å². The number of hydrogen-bond acceptors (Lipinski definition) is 4. The minimum absolute atomic E-state index is 0.0578. The summed E-state index contributed by atoms with van der Waals surface area (Å²) in [4.78, 5) is 20.0. The molecule has 3 aromatic rings. The van der Waals surface area contributed by atoms with Gasteiger partial charge in [-0.2, -0.15) is 0 Å². The largest absolute Gasteiger partial charge is 0.324 e. The van der Waals surface area contributed by atoms with Gasteiger partial charge in [0.1, 0.15) is 5.82 Å². The van der Waals surface area contributed by atoms with E-state index in [-0.39, 0.29) is 22.2 Å². The van der Waals surface area contributed by atoms with Crippen molar-refractivity contribution in [2.45, 2.75) is 0 Å². The lowest BCUT2D eigenvalue weighted by Gasteiger charge is -2.07. The Balaban J connectivity index is 1.69. The van der Waals surface area contributed by atoms with Crippen LogP contribution in [0.2, 0.25) is 5.02 Å². The van der Waals surface area contributed by atoms with Crippen LogP contribution in [0, 0.1) is 17.5 Å². The number of hydrogen-bond donors (Lipinski definition) is 2. The molecule has 0 bridgehead atoms. The number of amides is 1. The number of anilines is 3. The third kappa shape index (κ3) is 4.09. The second kappa shape index (κ2) is 7.40. The Bertz CT molecular complexity index is 967. The summed E-state index contributed by atoms with van der Waals surface area (Å²) >= 11 is 5.69. The Morgan fingerprint density at radius 2 is 1.54 bits per heavy atom. The summed E-state index contributed by atoms with van der Waals surface area (Å²) in [5, 5.41) is 5.15. The van der Waals surface area contributed by atoms with Gasteiger partial charge >= 0.3 is 0 Å². The molecular formula is C17H10ClF3N4O. The van der Waals surface area contributed by atoms with Crippen molar-refractivity contribution in [2.24, 2.45) is 0 Å². The summed E-state index contributed by atoms with van der Waals surface area (Å²) in [6, 6.07) is 7.00. The van der Waals surface area contributed by atoms with Crippen LogP contribution in [0.1, 0.15) is 10.4 Å². The lowest BCUT2D eigenvalue weighted by atomic mass is 10.2. The molecule has 0 unspecified atom stereocenters. The van der Waals surface area contributed by atoms with Gasteiger partial charge in [-0.25, -0.2) is 23.1 Å². The second-order valence-electron chi connectivity index (χ2n) is 5.13. The number of nitrogens with one attached hydrogen (secondary N) is 2. The fraction of sp³-hybridized carbons (Fsp3) is 0. The third-order valence-corrected chi connectivity index (χ3v) is 3.56. The number of aromatic nitrogens is 2. The van der Waals surface area contributed by atoms with E-state index in [1.54, 1.807) is 0 Å². The predicted octanol–water partition coefficient (Wildman–Crippen LogP) is 4.54. The summed E-state index contributed by atoms with van der Waals surface area (Å²) in [6.45, 7) is 0. The van der Waals surface area contributed by atoms with Crippen molar-refractivity contribution in [2.75, 3.05) is 10.6 Å². The van der Waals surface area contributed by atoms with Crippen molar-refractivity contribution in [3.8, 4) is 0 Å². The van der Waals surface area contributed by atoms with Crippen LogP contribution >= 0.6 is 11.6 Å². The zero-order valence-electron chi connectivity index (χ0n) is 12.9. The van der Waals surface area contributed by atoms with Gasteiger partial charge in [-0.05, 0) is 30.3 Å². The van der Waals surface area contributed by atoms with Gasteiger partial charge in [-0.1, -0.05) is 11.6 Å². The normalized spacial score (nSPS) is 10.5. The standard InChI is InChI=1S/C17H10ClF3N4O/c18-12-5-10(1-3-13(12)19)25-17-22-7-9(8-23-17)16(26)24-11-2-4-14(20)15(21)6-11/h1-8H,(H,24,26)(H,22,23,25). The Hall–Kier alpha value is -3.13. The van der Waals surface area contributed by atoms with Crippen LogP contribution in [0.3, 0.4) is 0 Å². The van der Waals surface area contributed by atoms with Gasteiger partial charge in [0.2, 0.25) is 5.95 Å². The zero-order chi connectivity index (χ0) is 18.7. The first-order valence-corrected chi connectivity index (χ1v) is 7.61. The lowest BCUT2D eigenvalue weighted by molar-refractivity contribution is 0.102. The van der Waals surface area contributed by atoms with Crippen molar-refractivity contribution < 1.29 is 18.0 Å². The topological polar surface area (TPSA) is 66.9 Å². The average Bonchev–Trinajstić information content (AvgIpc) is 2.62. The fourth-order valence-electron chi connectivity index (χ4n) is 1.99. The molecule has 0 fully saturated rings. The van der Waals surface area contributed by atoms with Crippen LogP contribution in [-0.2, 0) is 0 Å². The van der Waals surface area contributed by atoms with E-state index in [1.165, 1.54) is 36.7 Å². The molecule has 9 heteroatoms. The summed E-state index contributed by atoms with van der Waals surface area (Å²) in [6.07, 6.45) is 2.49. The van der Waals surface area contributed by atoms with Gasteiger partial charge in [0.05, 0.1) is 10.6 Å². The molecule has 0 aliphatic heterocycles. The van der Waals surface area contributed by atoms with E-state index in [4.69, 9.17) is 11.6 Å². The van der Waals surface area contributed by atoms with E-state index in [0.29, 0.717) is 5.69 Å². The summed E-state index contributed by atoms with van der Waals surface area (Å²) in [5.74, 6) is -3.06. The summed E-state index contributed by atoms with van der Waals surface area (Å²) < 4.78 is 39.2. The molecule has 0 saturated carbocycles. The Kier molecular flexibility index (Phi) is 5.04. The molecule has 2 aromatic carbocycles. The first-order chi connectivity index (χ1) is 12.4. The van der Waals surface area contributed by atoms with Crippen molar-refractivity contribution >= 4 is 34.8 Å². The number of benzene rings is 2. The van der Waals surface area contributed by atoms with E-state index >= 15 is 0 Å². The third-order valence-electron chi connectivity index (χ3n) is 3.27. The smallest absolute Gasteiger partial charge is 0.258 e. The molecular weight excluding hydrogens is 369 g/mol. The molecule has 0 radical (unpaired) electrons. The van der Waals surface area contributed by atoms with E-state index in [1.807, 2.05) is 0 Å². The number of carbonyl (C=O) groups excluding carboxylic acids is 1. The molecule has 0 aliphatic carbocycles. The van der Waals surface area contributed by atoms with Crippen molar-refractivity contribution in [3.05, 3.63) is 76.8 Å². The van der Waals surface area contributed by atoms with Crippen LogP contribution in [0.25, 0.3) is 0 Å². The first-order valence-electron chi connectivity index (χ1n) is 7.23.